The molecule has 0 unspecified atom stereocenters. The van der Waals surface area contributed by atoms with Crippen LogP contribution in [0.1, 0.15) is 129 Å². The van der Waals surface area contributed by atoms with Crippen molar-refractivity contribution in [1.82, 2.24) is 10.2 Å². The van der Waals surface area contributed by atoms with E-state index in [1.54, 1.807) is 19.0 Å². The second kappa shape index (κ2) is 23.8. The molecule has 0 saturated carbocycles. The fraction of sp³-hybridized carbons (Fsp3) is 0.857. The van der Waals surface area contributed by atoms with Crippen LogP contribution in [0.25, 0.3) is 0 Å². The minimum atomic E-state index is -0.779. The lowest BCUT2D eigenvalue weighted by Gasteiger charge is -2.19. The van der Waals surface area contributed by atoms with Gasteiger partial charge in [-0.25, -0.2) is 0 Å². The number of aliphatic carboxylic acids is 1. The number of carbonyl (C=O) groups is 2. The van der Waals surface area contributed by atoms with Crippen molar-refractivity contribution in [1.29, 1.82) is 0 Å². The van der Waals surface area contributed by atoms with Crippen LogP contribution in [0, 0.1) is 0 Å². The molecule has 0 aliphatic rings. The van der Waals surface area contributed by atoms with Crippen LogP contribution in [0.2, 0.25) is 0 Å². The second-order valence-corrected chi connectivity index (χ2v) is 9.70. The van der Waals surface area contributed by atoms with Crippen molar-refractivity contribution >= 4 is 11.9 Å². The minimum Gasteiger partial charge on any atom is -0.480 e. The lowest BCUT2D eigenvalue weighted by Crippen LogP contribution is -2.35. The maximum absolute atomic E-state index is 11.9. The molecule has 0 fully saturated rings. The molecule has 33 heavy (non-hydrogen) atoms. The number of carboxylic acids is 1. The van der Waals surface area contributed by atoms with Crippen LogP contribution in [0.3, 0.4) is 0 Å². The number of carboxylic acid groups (broad SMARTS) is 1. The molecule has 0 aromatic rings. The molecule has 0 rings (SSSR count). The summed E-state index contributed by atoms with van der Waals surface area (Å²) in [6.07, 6.45) is 26.9. The maximum atomic E-state index is 11.9. The molecule has 1 atom stereocenters. The Morgan fingerprint density at radius 1 is 0.758 bits per heavy atom. The highest BCUT2D eigenvalue weighted by Crippen LogP contribution is 2.11. The Hall–Kier alpha value is -1.36. The highest BCUT2D eigenvalue weighted by atomic mass is 16.4. The summed E-state index contributed by atoms with van der Waals surface area (Å²) >= 11 is 0. The molecule has 5 heteroatoms. The third kappa shape index (κ3) is 22.2. The van der Waals surface area contributed by atoms with Crippen LogP contribution in [0.15, 0.2) is 12.2 Å². The Labute approximate surface area is 204 Å². The molecule has 0 aliphatic heterocycles. The zero-order valence-corrected chi connectivity index (χ0v) is 22.1. The van der Waals surface area contributed by atoms with Gasteiger partial charge in [-0.05, 0) is 65.5 Å². The zero-order chi connectivity index (χ0) is 24.6. The van der Waals surface area contributed by atoms with E-state index in [0.717, 1.165) is 32.1 Å². The summed E-state index contributed by atoms with van der Waals surface area (Å²) in [6, 6.07) is -0.439. The molecule has 0 radical (unpaired) electrons. The van der Waals surface area contributed by atoms with Gasteiger partial charge in [0.1, 0.15) is 6.04 Å². The number of likely N-dealkylation sites (N-methyl/N-ethyl adjacent to an activating group) is 1. The predicted molar refractivity (Wildman–Crippen MR) is 141 cm³/mol. The molecule has 1 amide bonds. The molecule has 0 saturated heterocycles. The highest BCUT2D eigenvalue weighted by molar-refractivity contribution is 5.75. The van der Waals surface area contributed by atoms with Gasteiger partial charge in [-0.3, -0.25) is 14.5 Å². The standard InChI is InChI=1S/C28H54N2O3/c1-4-5-6-7-8-9-10-11-12-13-14-15-16-17-18-19-20-24-27(31)29-25-22-21-23-26(28(32)33)30(2)3/h14-15,26H,4-13,16-25H2,1-3H3,(H,29,31)(H,32,33)/b15-14+/t26-/m0/s1. The molecule has 0 aromatic heterocycles. The first kappa shape index (κ1) is 31.6. The molecule has 5 nitrogen and oxygen atoms in total. The molecular formula is C28H54N2O3. The summed E-state index contributed by atoms with van der Waals surface area (Å²) < 4.78 is 0. The Morgan fingerprint density at radius 2 is 1.27 bits per heavy atom. The molecule has 0 bridgehead atoms. The summed E-state index contributed by atoms with van der Waals surface area (Å²) in [4.78, 5) is 24.8. The third-order valence-corrected chi connectivity index (χ3v) is 6.30. The van der Waals surface area contributed by atoms with Gasteiger partial charge in [0.05, 0.1) is 0 Å². The van der Waals surface area contributed by atoms with E-state index >= 15 is 0 Å². The Balaban J connectivity index is 3.37. The fourth-order valence-electron chi connectivity index (χ4n) is 4.09. The largest absolute Gasteiger partial charge is 0.480 e. The van der Waals surface area contributed by atoms with Gasteiger partial charge in [0.25, 0.3) is 0 Å². The maximum Gasteiger partial charge on any atom is 0.320 e. The first-order valence-electron chi connectivity index (χ1n) is 13.8. The van der Waals surface area contributed by atoms with Crippen molar-refractivity contribution in [3.8, 4) is 0 Å². The summed E-state index contributed by atoms with van der Waals surface area (Å²) in [7, 11) is 3.57. The molecular weight excluding hydrogens is 412 g/mol. The van der Waals surface area contributed by atoms with Crippen LogP contribution < -0.4 is 5.32 Å². The summed E-state index contributed by atoms with van der Waals surface area (Å²) in [5.74, 6) is -0.656. The topological polar surface area (TPSA) is 69.6 Å². The predicted octanol–water partition coefficient (Wildman–Crippen LogP) is 7.11. The number of nitrogens with zero attached hydrogens (tertiary/aromatic N) is 1. The number of allylic oxidation sites excluding steroid dienone is 2. The minimum absolute atomic E-state index is 0.123. The number of amides is 1. The van der Waals surface area contributed by atoms with Gasteiger partial charge in [0.15, 0.2) is 0 Å². The molecule has 2 N–H and O–H groups in total. The van der Waals surface area contributed by atoms with Crippen LogP contribution in [0.4, 0.5) is 0 Å². The van der Waals surface area contributed by atoms with Crippen molar-refractivity contribution in [3.63, 3.8) is 0 Å². The number of unbranched alkanes of at least 4 members (excludes halogenated alkanes) is 14. The van der Waals surface area contributed by atoms with E-state index < -0.39 is 12.0 Å². The summed E-state index contributed by atoms with van der Waals surface area (Å²) in [5.41, 5.74) is 0. The fourth-order valence-corrected chi connectivity index (χ4v) is 4.09. The smallest absolute Gasteiger partial charge is 0.320 e. The lowest BCUT2D eigenvalue weighted by atomic mass is 10.1. The number of hydrogen-bond donors (Lipinski definition) is 2. The SMILES string of the molecule is CCCCCCCCCCC/C=C/CCCCCCC(=O)NCCCC[C@@H](C(=O)O)N(C)C. The van der Waals surface area contributed by atoms with E-state index in [4.69, 9.17) is 5.11 Å². The lowest BCUT2D eigenvalue weighted by molar-refractivity contribution is -0.142. The van der Waals surface area contributed by atoms with Gasteiger partial charge >= 0.3 is 5.97 Å². The Morgan fingerprint density at radius 3 is 1.79 bits per heavy atom. The first-order chi connectivity index (χ1) is 16.0. The number of carbonyl (C=O) groups excluding carboxylic acids is 1. The van der Waals surface area contributed by atoms with Gasteiger partial charge in [-0.1, -0.05) is 83.3 Å². The summed E-state index contributed by atoms with van der Waals surface area (Å²) in [5, 5.41) is 12.1. The Kier molecular flexibility index (Phi) is 22.8. The van der Waals surface area contributed by atoms with E-state index in [2.05, 4.69) is 24.4 Å². The third-order valence-electron chi connectivity index (χ3n) is 6.30. The van der Waals surface area contributed by atoms with Gasteiger partial charge in [-0.15, -0.1) is 0 Å². The van der Waals surface area contributed by atoms with E-state index in [1.165, 1.54) is 77.0 Å². The van der Waals surface area contributed by atoms with Crippen LogP contribution in [-0.2, 0) is 9.59 Å². The zero-order valence-electron chi connectivity index (χ0n) is 22.1. The van der Waals surface area contributed by atoms with Gasteiger partial charge in [-0.2, -0.15) is 0 Å². The average Bonchev–Trinajstić information content (AvgIpc) is 2.77. The second-order valence-electron chi connectivity index (χ2n) is 9.70. The van der Waals surface area contributed by atoms with Crippen molar-refractivity contribution < 1.29 is 14.7 Å². The number of nitrogens with one attached hydrogen (secondary N) is 1. The van der Waals surface area contributed by atoms with E-state index in [1.807, 2.05) is 0 Å². The van der Waals surface area contributed by atoms with Gasteiger partial charge in [0.2, 0.25) is 5.91 Å². The number of hydrogen-bond acceptors (Lipinski definition) is 3. The van der Waals surface area contributed by atoms with Crippen molar-refractivity contribution in [2.24, 2.45) is 0 Å². The summed E-state index contributed by atoms with van der Waals surface area (Å²) in [6.45, 7) is 2.91. The van der Waals surface area contributed by atoms with Gasteiger partial charge in [0, 0.05) is 13.0 Å². The monoisotopic (exact) mass is 466 g/mol. The molecule has 0 aromatic carbocycles. The molecule has 0 heterocycles. The van der Waals surface area contributed by atoms with Crippen LogP contribution in [-0.4, -0.2) is 48.6 Å². The van der Waals surface area contributed by atoms with Crippen molar-refractivity contribution in [2.45, 2.75) is 135 Å². The number of rotatable bonds is 24. The van der Waals surface area contributed by atoms with Crippen LogP contribution in [0.5, 0.6) is 0 Å². The van der Waals surface area contributed by atoms with Gasteiger partial charge < -0.3 is 10.4 Å². The quantitative estimate of drug-likeness (QED) is 0.117. The highest BCUT2D eigenvalue weighted by Gasteiger charge is 2.18. The van der Waals surface area contributed by atoms with E-state index in [-0.39, 0.29) is 5.91 Å². The first-order valence-corrected chi connectivity index (χ1v) is 13.8. The molecule has 0 spiro atoms. The Bertz CT molecular complexity index is 492. The van der Waals surface area contributed by atoms with E-state index in [9.17, 15) is 9.59 Å². The van der Waals surface area contributed by atoms with Crippen LogP contribution >= 0.6 is 0 Å². The van der Waals surface area contributed by atoms with Crippen molar-refractivity contribution in [2.75, 3.05) is 20.6 Å². The normalized spacial score (nSPS) is 12.5. The average molecular weight is 467 g/mol. The van der Waals surface area contributed by atoms with E-state index in [0.29, 0.717) is 19.4 Å². The molecule has 0 aliphatic carbocycles. The molecule has 194 valence electrons. The van der Waals surface area contributed by atoms with Crippen molar-refractivity contribution in [3.05, 3.63) is 12.2 Å².